The van der Waals surface area contributed by atoms with Crippen molar-refractivity contribution in [3.8, 4) is 0 Å². The molecule has 0 aliphatic heterocycles. The minimum Gasteiger partial charge on any atom is -0.250 e. The van der Waals surface area contributed by atoms with Crippen molar-refractivity contribution in [2.75, 3.05) is 0 Å². The van der Waals surface area contributed by atoms with Gasteiger partial charge < -0.3 is 0 Å². The van der Waals surface area contributed by atoms with Crippen molar-refractivity contribution in [1.29, 1.82) is 0 Å². The van der Waals surface area contributed by atoms with Gasteiger partial charge in [0.1, 0.15) is 0 Å². The maximum Gasteiger partial charge on any atom is 0.0794 e. The first-order chi connectivity index (χ1) is 7.34. The number of hydrogen-bond donors (Lipinski definition) is 0. The Hall–Kier alpha value is -0.860. The Kier molecular flexibility index (Phi) is 3.75. The molecule has 0 saturated heterocycles. The van der Waals surface area contributed by atoms with E-state index in [1.165, 1.54) is 11.3 Å². The zero-order valence-corrected chi connectivity index (χ0v) is 9.89. The maximum absolute atomic E-state index is 5.82. The van der Waals surface area contributed by atoms with Crippen LogP contribution in [0.2, 0.25) is 5.02 Å². The Morgan fingerprint density at radius 1 is 1.13 bits per heavy atom. The van der Waals surface area contributed by atoms with E-state index in [1.807, 2.05) is 17.6 Å². The van der Waals surface area contributed by atoms with Gasteiger partial charge in [0.05, 0.1) is 11.2 Å². The SMILES string of the molecule is Clc1ccc(CCCc2cscn2)cc1. The number of halogens is 1. The summed E-state index contributed by atoms with van der Waals surface area (Å²) in [6.07, 6.45) is 3.30. The predicted molar refractivity (Wildman–Crippen MR) is 65.6 cm³/mol. The molecule has 0 unspecified atom stereocenters. The molecule has 0 amide bonds. The summed E-state index contributed by atoms with van der Waals surface area (Å²) in [5, 5.41) is 2.92. The molecule has 1 heterocycles. The molecule has 3 heteroatoms. The molecule has 0 spiro atoms. The quantitative estimate of drug-likeness (QED) is 0.784. The first kappa shape index (κ1) is 10.7. The predicted octanol–water partition coefficient (Wildman–Crippen LogP) is 3.97. The van der Waals surface area contributed by atoms with E-state index in [4.69, 9.17) is 11.6 Å². The number of hydrogen-bond acceptors (Lipinski definition) is 2. The molecular formula is C12H12ClNS. The fraction of sp³-hybridized carbons (Fsp3) is 0.250. The summed E-state index contributed by atoms with van der Waals surface area (Å²) in [6, 6.07) is 8.06. The van der Waals surface area contributed by atoms with Crippen molar-refractivity contribution < 1.29 is 0 Å². The number of nitrogens with zero attached hydrogens (tertiary/aromatic N) is 1. The van der Waals surface area contributed by atoms with Crippen molar-refractivity contribution in [2.45, 2.75) is 19.3 Å². The number of thiazole rings is 1. The van der Waals surface area contributed by atoms with Gasteiger partial charge in [-0.25, -0.2) is 4.98 Å². The Morgan fingerprint density at radius 2 is 1.93 bits per heavy atom. The highest BCUT2D eigenvalue weighted by Crippen LogP contribution is 2.12. The molecule has 0 fully saturated rings. The molecule has 0 aliphatic rings. The second-order valence-electron chi connectivity index (χ2n) is 3.46. The van der Waals surface area contributed by atoms with Crippen LogP contribution >= 0.6 is 22.9 Å². The van der Waals surface area contributed by atoms with Crippen LogP contribution in [0.1, 0.15) is 17.7 Å². The number of aromatic nitrogens is 1. The fourth-order valence-corrected chi connectivity index (χ4v) is 2.20. The van der Waals surface area contributed by atoms with Gasteiger partial charge in [-0.1, -0.05) is 23.7 Å². The van der Waals surface area contributed by atoms with Gasteiger partial charge in [0, 0.05) is 10.4 Å². The third-order valence-corrected chi connectivity index (χ3v) is 3.18. The number of aryl methyl sites for hydroxylation is 2. The normalized spacial score (nSPS) is 10.5. The lowest BCUT2D eigenvalue weighted by atomic mass is 10.1. The molecule has 0 radical (unpaired) electrons. The van der Waals surface area contributed by atoms with E-state index in [1.54, 1.807) is 11.3 Å². The number of rotatable bonds is 4. The van der Waals surface area contributed by atoms with E-state index >= 15 is 0 Å². The molecule has 0 bridgehead atoms. The summed E-state index contributed by atoms with van der Waals surface area (Å²) < 4.78 is 0. The highest BCUT2D eigenvalue weighted by molar-refractivity contribution is 7.07. The highest BCUT2D eigenvalue weighted by atomic mass is 35.5. The van der Waals surface area contributed by atoms with E-state index in [9.17, 15) is 0 Å². The van der Waals surface area contributed by atoms with Gasteiger partial charge in [0.2, 0.25) is 0 Å². The summed E-state index contributed by atoms with van der Waals surface area (Å²) in [6.45, 7) is 0. The van der Waals surface area contributed by atoms with Crippen molar-refractivity contribution in [1.82, 2.24) is 4.98 Å². The van der Waals surface area contributed by atoms with Gasteiger partial charge >= 0.3 is 0 Å². The number of benzene rings is 1. The highest BCUT2D eigenvalue weighted by Gasteiger charge is 1.97. The van der Waals surface area contributed by atoms with Gasteiger partial charge in [-0.05, 0) is 37.0 Å². The minimum atomic E-state index is 0.804. The van der Waals surface area contributed by atoms with Crippen LogP contribution < -0.4 is 0 Å². The molecule has 0 saturated carbocycles. The summed E-state index contributed by atoms with van der Waals surface area (Å²) in [4.78, 5) is 4.26. The largest absolute Gasteiger partial charge is 0.250 e. The maximum atomic E-state index is 5.82. The summed E-state index contributed by atoms with van der Waals surface area (Å²) in [7, 11) is 0. The van der Waals surface area contributed by atoms with Crippen molar-refractivity contribution in [2.24, 2.45) is 0 Å². The molecule has 0 atom stereocenters. The van der Waals surface area contributed by atoms with Crippen LogP contribution in [-0.2, 0) is 12.8 Å². The molecule has 2 aromatic rings. The van der Waals surface area contributed by atoms with E-state index in [-0.39, 0.29) is 0 Å². The van der Waals surface area contributed by atoms with Gasteiger partial charge in [-0.15, -0.1) is 11.3 Å². The average molecular weight is 238 g/mol. The van der Waals surface area contributed by atoms with Crippen LogP contribution in [0.3, 0.4) is 0 Å². The molecular weight excluding hydrogens is 226 g/mol. The van der Waals surface area contributed by atoms with Crippen molar-refractivity contribution in [3.05, 3.63) is 51.4 Å². The average Bonchev–Trinajstić information content (AvgIpc) is 2.74. The monoisotopic (exact) mass is 237 g/mol. The van der Waals surface area contributed by atoms with Crippen LogP contribution in [-0.4, -0.2) is 4.98 Å². The topological polar surface area (TPSA) is 12.9 Å². The lowest BCUT2D eigenvalue weighted by Gasteiger charge is -2.00. The molecule has 2 rings (SSSR count). The standard InChI is InChI=1S/C12H12ClNS/c13-11-6-4-10(5-7-11)2-1-3-12-8-15-9-14-12/h4-9H,1-3H2. The van der Waals surface area contributed by atoms with E-state index in [0.29, 0.717) is 0 Å². The second kappa shape index (κ2) is 5.29. The third kappa shape index (κ3) is 3.33. The Bertz CT molecular complexity index is 394. The lowest BCUT2D eigenvalue weighted by Crippen LogP contribution is -1.89. The van der Waals surface area contributed by atoms with Gasteiger partial charge in [0.15, 0.2) is 0 Å². The van der Waals surface area contributed by atoms with E-state index < -0.39 is 0 Å². The van der Waals surface area contributed by atoms with E-state index in [2.05, 4.69) is 22.5 Å². The first-order valence-corrected chi connectivity index (χ1v) is 6.28. The van der Waals surface area contributed by atoms with Gasteiger partial charge in [-0.2, -0.15) is 0 Å². The molecule has 0 aliphatic carbocycles. The van der Waals surface area contributed by atoms with Crippen LogP contribution in [0, 0.1) is 0 Å². The Labute approximate surface area is 98.7 Å². The van der Waals surface area contributed by atoms with Crippen LogP contribution in [0.15, 0.2) is 35.2 Å². The zero-order valence-electron chi connectivity index (χ0n) is 8.32. The second-order valence-corrected chi connectivity index (χ2v) is 4.61. The Balaban J connectivity index is 1.81. The molecule has 15 heavy (non-hydrogen) atoms. The smallest absolute Gasteiger partial charge is 0.0794 e. The lowest BCUT2D eigenvalue weighted by molar-refractivity contribution is 0.804. The minimum absolute atomic E-state index is 0.804. The van der Waals surface area contributed by atoms with Crippen LogP contribution in [0.5, 0.6) is 0 Å². The van der Waals surface area contributed by atoms with Crippen molar-refractivity contribution >= 4 is 22.9 Å². The zero-order chi connectivity index (χ0) is 10.5. The van der Waals surface area contributed by atoms with Gasteiger partial charge in [-0.3, -0.25) is 0 Å². The summed E-state index contributed by atoms with van der Waals surface area (Å²) >= 11 is 7.48. The molecule has 1 nitrogen and oxygen atoms in total. The molecule has 1 aromatic carbocycles. The van der Waals surface area contributed by atoms with E-state index in [0.717, 1.165) is 24.3 Å². The molecule has 78 valence electrons. The molecule has 0 N–H and O–H groups in total. The summed E-state index contributed by atoms with van der Waals surface area (Å²) in [5.74, 6) is 0. The van der Waals surface area contributed by atoms with Gasteiger partial charge in [0.25, 0.3) is 0 Å². The van der Waals surface area contributed by atoms with Crippen LogP contribution in [0.4, 0.5) is 0 Å². The summed E-state index contributed by atoms with van der Waals surface area (Å²) in [5.41, 5.74) is 4.43. The Morgan fingerprint density at radius 3 is 2.60 bits per heavy atom. The third-order valence-electron chi connectivity index (χ3n) is 2.30. The van der Waals surface area contributed by atoms with Crippen molar-refractivity contribution in [3.63, 3.8) is 0 Å². The first-order valence-electron chi connectivity index (χ1n) is 4.96. The molecule has 1 aromatic heterocycles. The fourth-order valence-electron chi connectivity index (χ4n) is 1.49. The van der Waals surface area contributed by atoms with Crippen LogP contribution in [0.25, 0.3) is 0 Å².